The van der Waals surface area contributed by atoms with Crippen molar-refractivity contribution >= 4 is 0 Å². The SMILES string of the molecule is CC(C)(C)C1CC2C3CCCCC3NC2N1C(C)(C)C. The highest BCUT2D eigenvalue weighted by Gasteiger charge is 2.56. The molecular formula is C18H34N2. The van der Waals surface area contributed by atoms with Gasteiger partial charge in [-0.15, -0.1) is 0 Å². The van der Waals surface area contributed by atoms with Gasteiger partial charge in [0.25, 0.3) is 0 Å². The second-order valence-corrected chi connectivity index (χ2v) is 9.53. The lowest BCUT2D eigenvalue weighted by atomic mass is 9.75. The minimum atomic E-state index is 0.262. The van der Waals surface area contributed by atoms with Crippen LogP contribution in [0.25, 0.3) is 0 Å². The van der Waals surface area contributed by atoms with E-state index in [2.05, 4.69) is 51.8 Å². The van der Waals surface area contributed by atoms with Gasteiger partial charge in [-0.05, 0) is 57.3 Å². The molecule has 1 saturated carbocycles. The molecule has 0 aromatic carbocycles. The molecule has 0 aromatic rings. The van der Waals surface area contributed by atoms with Gasteiger partial charge in [0.05, 0.1) is 6.17 Å². The van der Waals surface area contributed by atoms with Crippen LogP contribution in [0.3, 0.4) is 0 Å². The Morgan fingerprint density at radius 3 is 2.15 bits per heavy atom. The van der Waals surface area contributed by atoms with Gasteiger partial charge < -0.3 is 0 Å². The molecule has 1 N–H and O–H groups in total. The van der Waals surface area contributed by atoms with Gasteiger partial charge in [0.1, 0.15) is 0 Å². The van der Waals surface area contributed by atoms with Crippen molar-refractivity contribution < 1.29 is 0 Å². The van der Waals surface area contributed by atoms with Gasteiger partial charge >= 0.3 is 0 Å². The average Bonchev–Trinajstić information content (AvgIpc) is 2.81. The largest absolute Gasteiger partial charge is 0.298 e. The summed E-state index contributed by atoms with van der Waals surface area (Å²) in [5.74, 6) is 1.84. The maximum absolute atomic E-state index is 4.04. The van der Waals surface area contributed by atoms with E-state index in [0.29, 0.717) is 17.6 Å². The first-order valence-corrected chi connectivity index (χ1v) is 8.74. The van der Waals surface area contributed by atoms with Gasteiger partial charge in [0.15, 0.2) is 0 Å². The molecule has 5 unspecified atom stereocenters. The van der Waals surface area contributed by atoms with Crippen LogP contribution in [0.2, 0.25) is 0 Å². The number of fused-ring (bicyclic) bond motifs is 3. The fraction of sp³-hybridized carbons (Fsp3) is 1.00. The topological polar surface area (TPSA) is 15.3 Å². The molecule has 2 heterocycles. The first-order chi connectivity index (χ1) is 9.19. The number of hydrogen-bond acceptors (Lipinski definition) is 2. The monoisotopic (exact) mass is 278 g/mol. The van der Waals surface area contributed by atoms with Crippen molar-refractivity contribution in [1.82, 2.24) is 10.2 Å². The van der Waals surface area contributed by atoms with Crippen LogP contribution >= 0.6 is 0 Å². The summed E-state index contributed by atoms with van der Waals surface area (Å²) in [6.45, 7) is 14.5. The zero-order chi connectivity index (χ0) is 14.7. The molecule has 1 aliphatic carbocycles. The molecule has 2 nitrogen and oxygen atoms in total. The Morgan fingerprint density at radius 1 is 0.900 bits per heavy atom. The van der Waals surface area contributed by atoms with Crippen molar-refractivity contribution in [2.75, 3.05) is 0 Å². The summed E-state index contributed by atoms with van der Waals surface area (Å²) in [7, 11) is 0. The molecule has 3 fully saturated rings. The van der Waals surface area contributed by atoms with Crippen molar-refractivity contribution in [3.63, 3.8) is 0 Å². The van der Waals surface area contributed by atoms with E-state index < -0.39 is 0 Å². The minimum absolute atomic E-state index is 0.262. The maximum Gasteiger partial charge on any atom is 0.0639 e. The van der Waals surface area contributed by atoms with E-state index in [9.17, 15) is 0 Å². The van der Waals surface area contributed by atoms with Crippen molar-refractivity contribution in [3.8, 4) is 0 Å². The van der Waals surface area contributed by atoms with E-state index in [1.165, 1.54) is 32.1 Å². The van der Waals surface area contributed by atoms with Crippen molar-refractivity contribution in [3.05, 3.63) is 0 Å². The zero-order valence-corrected chi connectivity index (χ0v) is 14.4. The molecule has 0 aromatic heterocycles. The number of rotatable bonds is 0. The smallest absolute Gasteiger partial charge is 0.0639 e. The van der Waals surface area contributed by atoms with Gasteiger partial charge in [-0.25, -0.2) is 0 Å². The number of nitrogens with zero attached hydrogens (tertiary/aromatic N) is 1. The first-order valence-electron chi connectivity index (χ1n) is 8.74. The molecular weight excluding hydrogens is 244 g/mol. The molecule has 5 atom stereocenters. The molecule has 0 amide bonds. The van der Waals surface area contributed by atoms with Gasteiger partial charge in [-0.3, -0.25) is 10.2 Å². The lowest BCUT2D eigenvalue weighted by Crippen LogP contribution is -2.57. The van der Waals surface area contributed by atoms with E-state index in [0.717, 1.165) is 17.9 Å². The van der Waals surface area contributed by atoms with Gasteiger partial charge in [0, 0.05) is 17.6 Å². The Bertz CT molecular complexity index is 363. The van der Waals surface area contributed by atoms with Crippen LogP contribution in [0, 0.1) is 17.3 Å². The van der Waals surface area contributed by atoms with Crippen LogP contribution in [0.4, 0.5) is 0 Å². The lowest BCUT2D eigenvalue weighted by molar-refractivity contribution is 0.0140. The number of likely N-dealkylation sites (tertiary alicyclic amines) is 1. The quantitative estimate of drug-likeness (QED) is 0.720. The second-order valence-electron chi connectivity index (χ2n) is 9.53. The molecule has 2 heteroatoms. The predicted octanol–water partition coefficient (Wildman–Crippen LogP) is 4.01. The third-order valence-electron chi connectivity index (χ3n) is 6.06. The Morgan fingerprint density at radius 2 is 1.55 bits per heavy atom. The highest BCUT2D eigenvalue weighted by molar-refractivity contribution is 5.09. The molecule has 0 bridgehead atoms. The molecule has 20 heavy (non-hydrogen) atoms. The summed E-state index contributed by atoms with van der Waals surface area (Å²) in [6.07, 6.45) is 7.81. The van der Waals surface area contributed by atoms with Gasteiger partial charge in [-0.1, -0.05) is 33.6 Å². The Labute approximate surface area is 125 Å². The fourth-order valence-electron chi connectivity index (χ4n) is 5.27. The molecule has 116 valence electrons. The number of nitrogens with one attached hydrogen (secondary N) is 1. The zero-order valence-electron chi connectivity index (χ0n) is 14.4. The lowest BCUT2D eigenvalue weighted by Gasteiger charge is -2.46. The van der Waals surface area contributed by atoms with Crippen molar-refractivity contribution in [2.45, 2.75) is 97.4 Å². The molecule has 3 rings (SSSR count). The van der Waals surface area contributed by atoms with Crippen LogP contribution in [-0.2, 0) is 0 Å². The first kappa shape index (κ1) is 14.8. The normalized spacial score (nSPS) is 42.6. The van der Waals surface area contributed by atoms with Crippen LogP contribution in [0.5, 0.6) is 0 Å². The molecule has 0 spiro atoms. The van der Waals surface area contributed by atoms with Gasteiger partial charge in [-0.2, -0.15) is 0 Å². The van der Waals surface area contributed by atoms with Gasteiger partial charge in [0.2, 0.25) is 0 Å². The summed E-state index contributed by atoms with van der Waals surface area (Å²) in [5.41, 5.74) is 0.640. The molecule has 2 aliphatic heterocycles. The molecule has 3 aliphatic rings. The number of hydrogen-bond donors (Lipinski definition) is 1. The summed E-state index contributed by atoms with van der Waals surface area (Å²) < 4.78 is 0. The van der Waals surface area contributed by atoms with Crippen LogP contribution < -0.4 is 5.32 Å². The summed E-state index contributed by atoms with van der Waals surface area (Å²) in [4.78, 5) is 2.83. The predicted molar refractivity (Wildman–Crippen MR) is 85.6 cm³/mol. The Hall–Kier alpha value is -0.0800. The Balaban J connectivity index is 1.89. The third kappa shape index (κ3) is 2.33. The van der Waals surface area contributed by atoms with E-state index in [1.54, 1.807) is 0 Å². The van der Waals surface area contributed by atoms with Crippen molar-refractivity contribution in [1.29, 1.82) is 0 Å². The standard InChI is InChI=1S/C18H34N2/c1-17(2,3)15-11-13-12-9-7-8-10-14(12)19-16(13)20(15)18(4,5)6/h12-16,19H,7-11H2,1-6H3. The van der Waals surface area contributed by atoms with E-state index >= 15 is 0 Å². The van der Waals surface area contributed by atoms with E-state index in [1.807, 2.05) is 0 Å². The average molecular weight is 278 g/mol. The van der Waals surface area contributed by atoms with Crippen molar-refractivity contribution in [2.24, 2.45) is 17.3 Å². The van der Waals surface area contributed by atoms with E-state index in [4.69, 9.17) is 0 Å². The second kappa shape index (κ2) is 4.71. The molecule has 0 radical (unpaired) electrons. The maximum atomic E-state index is 4.04. The highest BCUT2D eigenvalue weighted by Crippen LogP contribution is 2.51. The third-order valence-corrected chi connectivity index (χ3v) is 6.06. The highest BCUT2D eigenvalue weighted by atomic mass is 15.4. The summed E-state index contributed by atoms with van der Waals surface area (Å²) in [5, 5.41) is 4.04. The molecule has 2 saturated heterocycles. The Kier molecular flexibility index (Phi) is 3.49. The van der Waals surface area contributed by atoms with Crippen LogP contribution in [0.1, 0.15) is 73.6 Å². The summed E-state index contributed by atoms with van der Waals surface area (Å²) in [6, 6.07) is 1.53. The summed E-state index contributed by atoms with van der Waals surface area (Å²) >= 11 is 0. The van der Waals surface area contributed by atoms with E-state index in [-0.39, 0.29) is 5.54 Å². The minimum Gasteiger partial charge on any atom is -0.298 e. The fourth-order valence-corrected chi connectivity index (χ4v) is 5.27. The van der Waals surface area contributed by atoms with Crippen LogP contribution in [-0.4, -0.2) is 28.7 Å². The van der Waals surface area contributed by atoms with Crippen LogP contribution in [0.15, 0.2) is 0 Å².